The van der Waals surface area contributed by atoms with E-state index in [1.807, 2.05) is 6.07 Å². The Bertz CT molecular complexity index is 539. The van der Waals surface area contributed by atoms with Gasteiger partial charge in [-0.05, 0) is 6.42 Å². The van der Waals surface area contributed by atoms with Crippen LogP contribution in [0.5, 0.6) is 0 Å². The van der Waals surface area contributed by atoms with E-state index in [0.717, 1.165) is 0 Å². The van der Waals surface area contributed by atoms with Crippen LogP contribution in [-0.2, 0) is 9.53 Å². The van der Waals surface area contributed by atoms with Crippen molar-refractivity contribution in [2.75, 3.05) is 19.7 Å². The first kappa shape index (κ1) is 17.5. The zero-order valence-electron chi connectivity index (χ0n) is 12.5. The third-order valence-corrected chi connectivity index (χ3v) is 3.57. The quantitative estimate of drug-likeness (QED) is 0.723. The highest BCUT2D eigenvalue weighted by atomic mass is 19.4. The van der Waals surface area contributed by atoms with Crippen LogP contribution >= 0.6 is 0 Å². The summed E-state index contributed by atoms with van der Waals surface area (Å²) in [5.41, 5.74) is 0.615. The van der Waals surface area contributed by atoms with E-state index in [4.69, 9.17) is 0 Å². The fourth-order valence-corrected chi connectivity index (χ4v) is 2.29. The highest BCUT2D eigenvalue weighted by molar-refractivity contribution is 5.96. The minimum atomic E-state index is -4.35. The van der Waals surface area contributed by atoms with Gasteiger partial charge in [-0.2, -0.15) is 13.2 Å². The van der Waals surface area contributed by atoms with Gasteiger partial charge in [-0.25, -0.2) is 0 Å². The van der Waals surface area contributed by atoms with Crippen LogP contribution in [0.1, 0.15) is 29.6 Å². The molecule has 1 amide bonds. The number of likely N-dealkylation sites (tertiary alicyclic amines) is 1. The molecule has 2 rings (SSSR count). The molecule has 0 saturated carbocycles. The predicted molar refractivity (Wildman–Crippen MR) is 77.0 cm³/mol. The molecule has 1 aromatic carbocycles. The van der Waals surface area contributed by atoms with Crippen LogP contribution in [0, 0.1) is 0 Å². The molecule has 0 bridgehead atoms. The molecular weight excluding hydrogens is 311 g/mol. The summed E-state index contributed by atoms with van der Waals surface area (Å²) >= 11 is 0. The molecule has 0 N–H and O–H groups in total. The topological polar surface area (TPSA) is 46.6 Å². The second-order valence-corrected chi connectivity index (χ2v) is 5.49. The molecule has 0 radical (unpaired) electrons. The molecule has 23 heavy (non-hydrogen) atoms. The van der Waals surface area contributed by atoms with Crippen LogP contribution in [0.4, 0.5) is 13.2 Å². The molecular formula is C16H18F3NO3. The van der Waals surface area contributed by atoms with E-state index >= 15 is 0 Å². The monoisotopic (exact) mass is 329 g/mol. The summed E-state index contributed by atoms with van der Waals surface area (Å²) in [5, 5.41) is 0. The molecule has 0 atom stereocenters. The van der Waals surface area contributed by atoms with Gasteiger partial charge in [0.05, 0.1) is 6.10 Å². The molecule has 0 aromatic heterocycles. The molecule has 1 aliphatic heterocycles. The number of halogens is 3. The zero-order valence-corrected chi connectivity index (χ0v) is 12.5. The summed E-state index contributed by atoms with van der Waals surface area (Å²) in [7, 11) is 0. The fraction of sp³-hybridized carbons (Fsp3) is 0.500. The van der Waals surface area contributed by atoms with Crippen molar-refractivity contribution >= 4 is 11.7 Å². The maximum atomic E-state index is 12.0. The SMILES string of the molecule is O=C(CCCC(=O)N1CC(OCC(F)(F)F)C1)c1ccccc1. The van der Waals surface area contributed by atoms with Gasteiger partial charge >= 0.3 is 6.18 Å². The highest BCUT2D eigenvalue weighted by Gasteiger charge is 2.35. The van der Waals surface area contributed by atoms with Gasteiger partial charge in [0.15, 0.2) is 5.78 Å². The van der Waals surface area contributed by atoms with Crippen molar-refractivity contribution in [3.05, 3.63) is 35.9 Å². The lowest BCUT2D eigenvalue weighted by molar-refractivity contribution is -0.200. The van der Waals surface area contributed by atoms with E-state index in [9.17, 15) is 22.8 Å². The van der Waals surface area contributed by atoms with Crippen LogP contribution in [0.15, 0.2) is 30.3 Å². The maximum absolute atomic E-state index is 12.0. The van der Waals surface area contributed by atoms with Crippen LogP contribution < -0.4 is 0 Å². The van der Waals surface area contributed by atoms with Gasteiger partial charge in [0.2, 0.25) is 5.91 Å². The number of hydrogen-bond acceptors (Lipinski definition) is 3. The average molecular weight is 329 g/mol. The predicted octanol–water partition coefficient (Wildman–Crippen LogP) is 2.83. The number of amides is 1. The van der Waals surface area contributed by atoms with Gasteiger partial charge in [0, 0.05) is 31.5 Å². The van der Waals surface area contributed by atoms with Gasteiger partial charge in [-0.1, -0.05) is 30.3 Å². The lowest BCUT2D eigenvalue weighted by atomic mass is 10.0. The number of carbonyl (C=O) groups excluding carboxylic acids is 2. The van der Waals surface area contributed by atoms with Crippen LogP contribution in [0.3, 0.4) is 0 Å². The summed E-state index contributed by atoms with van der Waals surface area (Å²) < 4.78 is 40.6. The van der Waals surface area contributed by atoms with Gasteiger partial charge in [-0.3, -0.25) is 9.59 Å². The molecule has 7 heteroatoms. The van der Waals surface area contributed by atoms with E-state index in [-0.39, 0.29) is 37.6 Å². The van der Waals surface area contributed by atoms with E-state index < -0.39 is 18.9 Å². The molecule has 1 fully saturated rings. The molecule has 4 nitrogen and oxygen atoms in total. The van der Waals surface area contributed by atoms with E-state index in [2.05, 4.69) is 4.74 Å². The van der Waals surface area contributed by atoms with Crippen LogP contribution in [0.2, 0.25) is 0 Å². The Morgan fingerprint density at radius 3 is 2.39 bits per heavy atom. The standard InChI is InChI=1S/C16H18F3NO3/c17-16(18,19)11-23-13-9-20(10-13)15(22)8-4-7-14(21)12-5-2-1-3-6-12/h1-3,5-6,13H,4,7-11H2. The Kier molecular flexibility index (Phi) is 5.76. The second-order valence-electron chi connectivity index (χ2n) is 5.49. The third kappa shape index (κ3) is 5.67. The molecule has 0 spiro atoms. The molecule has 1 aliphatic rings. The molecule has 0 aliphatic carbocycles. The highest BCUT2D eigenvalue weighted by Crippen LogP contribution is 2.20. The minimum Gasteiger partial charge on any atom is -0.365 e. The molecule has 0 unspecified atom stereocenters. The number of hydrogen-bond donors (Lipinski definition) is 0. The Morgan fingerprint density at radius 1 is 1.13 bits per heavy atom. The Balaban J connectivity index is 1.61. The van der Waals surface area contributed by atoms with Gasteiger partial charge in [0.1, 0.15) is 6.61 Å². The first-order valence-corrected chi connectivity index (χ1v) is 7.39. The minimum absolute atomic E-state index is 0.0200. The number of ether oxygens (including phenoxy) is 1. The summed E-state index contributed by atoms with van der Waals surface area (Å²) in [4.78, 5) is 25.1. The fourth-order valence-electron chi connectivity index (χ4n) is 2.29. The Labute approximate surface area is 132 Å². The smallest absolute Gasteiger partial charge is 0.365 e. The Hall–Kier alpha value is -1.89. The van der Waals surface area contributed by atoms with Crippen molar-refractivity contribution in [1.29, 1.82) is 0 Å². The Morgan fingerprint density at radius 2 is 1.78 bits per heavy atom. The van der Waals surface area contributed by atoms with Crippen molar-refractivity contribution in [3.8, 4) is 0 Å². The van der Waals surface area contributed by atoms with Crippen molar-refractivity contribution in [2.45, 2.75) is 31.5 Å². The maximum Gasteiger partial charge on any atom is 0.411 e. The first-order chi connectivity index (χ1) is 10.8. The van der Waals surface area contributed by atoms with Gasteiger partial charge in [-0.15, -0.1) is 0 Å². The summed E-state index contributed by atoms with van der Waals surface area (Å²) in [6.45, 7) is -0.922. The van der Waals surface area contributed by atoms with Gasteiger partial charge in [0.25, 0.3) is 0 Å². The lowest BCUT2D eigenvalue weighted by Gasteiger charge is -2.39. The average Bonchev–Trinajstić information content (AvgIpc) is 2.45. The number of ketones is 1. The van der Waals surface area contributed by atoms with Crippen LogP contribution in [0.25, 0.3) is 0 Å². The number of alkyl halides is 3. The van der Waals surface area contributed by atoms with Crippen LogP contribution in [-0.4, -0.2) is 48.6 Å². The van der Waals surface area contributed by atoms with E-state index in [1.54, 1.807) is 24.3 Å². The number of carbonyl (C=O) groups is 2. The van der Waals surface area contributed by atoms with Crippen molar-refractivity contribution in [2.24, 2.45) is 0 Å². The number of rotatable bonds is 7. The summed E-state index contributed by atoms with van der Waals surface area (Å²) in [6, 6.07) is 8.82. The van der Waals surface area contributed by atoms with E-state index in [0.29, 0.717) is 12.0 Å². The normalized spacial score (nSPS) is 15.3. The second kappa shape index (κ2) is 7.59. The molecule has 1 saturated heterocycles. The third-order valence-electron chi connectivity index (χ3n) is 3.57. The largest absolute Gasteiger partial charge is 0.411 e. The zero-order chi connectivity index (χ0) is 16.9. The van der Waals surface area contributed by atoms with E-state index in [1.165, 1.54) is 4.90 Å². The van der Waals surface area contributed by atoms with Crippen molar-refractivity contribution in [1.82, 2.24) is 4.90 Å². The number of nitrogens with zero attached hydrogens (tertiary/aromatic N) is 1. The first-order valence-electron chi connectivity index (χ1n) is 7.39. The number of Topliss-reactive ketones (excluding diaryl/α,β-unsaturated/α-hetero) is 1. The van der Waals surface area contributed by atoms with Gasteiger partial charge < -0.3 is 9.64 Å². The number of benzene rings is 1. The molecule has 126 valence electrons. The molecule has 1 aromatic rings. The van der Waals surface area contributed by atoms with Crippen molar-refractivity contribution in [3.63, 3.8) is 0 Å². The molecule has 1 heterocycles. The lowest BCUT2D eigenvalue weighted by Crippen LogP contribution is -2.55. The van der Waals surface area contributed by atoms with Crippen molar-refractivity contribution < 1.29 is 27.5 Å². The summed E-state index contributed by atoms with van der Waals surface area (Å²) in [6.07, 6.45) is -3.98. The summed E-state index contributed by atoms with van der Waals surface area (Å²) in [5.74, 6) is -0.175.